The number of aromatic nitrogens is 2. The van der Waals surface area contributed by atoms with Crippen molar-refractivity contribution in [2.24, 2.45) is 0 Å². The van der Waals surface area contributed by atoms with Crippen LogP contribution in [0.3, 0.4) is 0 Å². The van der Waals surface area contributed by atoms with Gasteiger partial charge in [0.15, 0.2) is 5.82 Å². The van der Waals surface area contributed by atoms with Crippen molar-refractivity contribution in [2.75, 3.05) is 0 Å². The molecule has 1 heterocycles. The summed E-state index contributed by atoms with van der Waals surface area (Å²) in [6, 6.07) is 61.0. The zero-order valence-corrected chi connectivity index (χ0v) is 26.1. The molecule has 9 aromatic carbocycles. The number of hydrogen-bond donors (Lipinski definition) is 0. The van der Waals surface area contributed by atoms with Gasteiger partial charge in [-0.15, -0.1) is 0 Å². The Labute approximate surface area is 277 Å². The SMILES string of the molecule is c1ccc(-c2nc(-c3ccc4ccccc4c3)c3ccc(-c4cc5ccc6ccccc6c5c5ccc6ccccc6c45)cc3n2)cc1. The fourth-order valence-electron chi connectivity index (χ4n) is 7.50. The molecule has 222 valence electrons. The summed E-state index contributed by atoms with van der Waals surface area (Å²) in [7, 11) is 0. The van der Waals surface area contributed by atoms with Crippen molar-refractivity contribution in [3.8, 4) is 33.8 Å². The third-order valence-corrected chi connectivity index (χ3v) is 9.79. The van der Waals surface area contributed by atoms with E-state index in [4.69, 9.17) is 9.97 Å². The van der Waals surface area contributed by atoms with E-state index in [0.717, 1.165) is 39.1 Å². The lowest BCUT2D eigenvalue weighted by molar-refractivity contribution is 1.23. The lowest BCUT2D eigenvalue weighted by Crippen LogP contribution is -1.96. The van der Waals surface area contributed by atoms with Gasteiger partial charge in [-0.1, -0.05) is 146 Å². The molecule has 0 saturated heterocycles. The Kier molecular flexibility index (Phi) is 5.91. The number of benzene rings is 9. The third-order valence-electron chi connectivity index (χ3n) is 9.79. The van der Waals surface area contributed by atoms with E-state index in [1.807, 2.05) is 18.2 Å². The van der Waals surface area contributed by atoms with Crippen LogP contribution in [0.25, 0.3) is 98.5 Å². The van der Waals surface area contributed by atoms with Crippen LogP contribution in [0.4, 0.5) is 0 Å². The highest BCUT2D eigenvalue weighted by Gasteiger charge is 2.17. The molecule has 48 heavy (non-hydrogen) atoms. The van der Waals surface area contributed by atoms with E-state index in [2.05, 4.69) is 152 Å². The van der Waals surface area contributed by atoms with Gasteiger partial charge in [-0.2, -0.15) is 0 Å². The van der Waals surface area contributed by atoms with Crippen molar-refractivity contribution >= 4 is 64.8 Å². The first-order chi connectivity index (χ1) is 23.8. The monoisotopic (exact) mass is 608 g/mol. The number of rotatable bonds is 3. The molecule has 0 spiro atoms. The Balaban J connectivity index is 1.28. The molecule has 10 aromatic rings. The summed E-state index contributed by atoms with van der Waals surface area (Å²) in [6.07, 6.45) is 0. The zero-order valence-electron chi connectivity index (χ0n) is 26.1. The summed E-state index contributed by atoms with van der Waals surface area (Å²) >= 11 is 0. The van der Waals surface area contributed by atoms with Crippen molar-refractivity contribution in [1.29, 1.82) is 0 Å². The van der Waals surface area contributed by atoms with Gasteiger partial charge < -0.3 is 0 Å². The Morgan fingerprint density at radius 2 is 0.917 bits per heavy atom. The topological polar surface area (TPSA) is 25.8 Å². The minimum atomic E-state index is 0.726. The maximum atomic E-state index is 5.21. The predicted molar refractivity (Wildman–Crippen MR) is 203 cm³/mol. The van der Waals surface area contributed by atoms with Crippen LogP contribution in [0.5, 0.6) is 0 Å². The van der Waals surface area contributed by atoms with Crippen molar-refractivity contribution < 1.29 is 0 Å². The van der Waals surface area contributed by atoms with Crippen LogP contribution in [0, 0.1) is 0 Å². The number of nitrogens with zero attached hydrogens (tertiary/aromatic N) is 2. The summed E-state index contributed by atoms with van der Waals surface area (Å²) < 4.78 is 0. The fourth-order valence-corrected chi connectivity index (χ4v) is 7.50. The smallest absolute Gasteiger partial charge is 0.160 e. The van der Waals surface area contributed by atoms with E-state index in [-0.39, 0.29) is 0 Å². The third kappa shape index (κ3) is 4.20. The predicted octanol–water partition coefficient (Wildman–Crippen LogP) is 12.4. The summed E-state index contributed by atoms with van der Waals surface area (Å²) in [5.74, 6) is 0.726. The molecule has 2 nitrogen and oxygen atoms in total. The molecule has 0 amide bonds. The number of hydrogen-bond acceptors (Lipinski definition) is 2. The maximum absolute atomic E-state index is 5.21. The van der Waals surface area contributed by atoms with Crippen molar-refractivity contribution in [2.45, 2.75) is 0 Å². The van der Waals surface area contributed by atoms with Gasteiger partial charge in [0.1, 0.15) is 0 Å². The molecule has 0 bridgehead atoms. The van der Waals surface area contributed by atoms with Crippen molar-refractivity contribution in [1.82, 2.24) is 9.97 Å². The standard InChI is InChI=1S/C46H28N2/c1-2-13-32(14-3-1)46-47-42-28-34(23-24-39(42)45(48-46)36-21-18-29-10-4-5-15-33(29)26-36)41-27-35-20-19-30-11-6-8-16-37(30)43(35)40-25-22-31-12-7-9-17-38(31)44(40)41/h1-28H. The van der Waals surface area contributed by atoms with E-state index in [1.54, 1.807) is 0 Å². The molecule has 0 saturated carbocycles. The summed E-state index contributed by atoms with van der Waals surface area (Å²) in [6.45, 7) is 0. The second kappa shape index (κ2) is 10.6. The van der Waals surface area contributed by atoms with Crippen LogP contribution in [0.2, 0.25) is 0 Å². The van der Waals surface area contributed by atoms with E-state index in [1.165, 1.54) is 59.4 Å². The van der Waals surface area contributed by atoms with Gasteiger partial charge in [-0.3, -0.25) is 0 Å². The maximum Gasteiger partial charge on any atom is 0.160 e. The fraction of sp³-hybridized carbons (Fsp3) is 0. The first kappa shape index (κ1) is 26.8. The normalized spacial score (nSPS) is 11.8. The molecule has 10 rings (SSSR count). The van der Waals surface area contributed by atoms with E-state index < -0.39 is 0 Å². The van der Waals surface area contributed by atoms with E-state index in [9.17, 15) is 0 Å². The van der Waals surface area contributed by atoms with Gasteiger partial charge in [-0.25, -0.2) is 9.97 Å². The average Bonchev–Trinajstić information content (AvgIpc) is 3.16. The highest BCUT2D eigenvalue weighted by atomic mass is 14.9. The van der Waals surface area contributed by atoms with Gasteiger partial charge >= 0.3 is 0 Å². The summed E-state index contributed by atoms with van der Waals surface area (Å²) in [5, 5.41) is 13.5. The summed E-state index contributed by atoms with van der Waals surface area (Å²) in [5.41, 5.74) is 6.30. The number of fused-ring (bicyclic) bond motifs is 9. The van der Waals surface area contributed by atoms with Gasteiger partial charge in [0, 0.05) is 16.5 Å². The van der Waals surface area contributed by atoms with Crippen LogP contribution in [-0.4, -0.2) is 9.97 Å². The molecule has 0 aliphatic heterocycles. The minimum Gasteiger partial charge on any atom is -0.228 e. The first-order valence-electron chi connectivity index (χ1n) is 16.4. The molecular weight excluding hydrogens is 581 g/mol. The van der Waals surface area contributed by atoms with Gasteiger partial charge in [0.2, 0.25) is 0 Å². The Morgan fingerprint density at radius 3 is 1.73 bits per heavy atom. The molecule has 0 N–H and O–H groups in total. The molecule has 0 fully saturated rings. The Hall–Kier alpha value is -6.38. The largest absolute Gasteiger partial charge is 0.228 e. The van der Waals surface area contributed by atoms with E-state index in [0.29, 0.717) is 0 Å². The lowest BCUT2D eigenvalue weighted by atomic mass is 9.88. The first-order valence-corrected chi connectivity index (χ1v) is 16.4. The van der Waals surface area contributed by atoms with Crippen LogP contribution < -0.4 is 0 Å². The molecule has 0 unspecified atom stereocenters. The van der Waals surface area contributed by atoms with Crippen molar-refractivity contribution in [3.63, 3.8) is 0 Å². The highest BCUT2D eigenvalue weighted by Crippen LogP contribution is 2.43. The lowest BCUT2D eigenvalue weighted by Gasteiger charge is -2.16. The molecule has 0 radical (unpaired) electrons. The molecule has 1 aromatic heterocycles. The van der Waals surface area contributed by atoms with E-state index >= 15 is 0 Å². The summed E-state index contributed by atoms with van der Waals surface area (Å²) in [4.78, 5) is 10.4. The average molecular weight is 609 g/mol. The second-order valence-electron chi connectivity index (χ2n) is 12.6. The molecule has 2 heteroatoms. The van der Waals surface area contributed by atoms with Crippen LogP contribution in [0.1, 0.15) is 0 Å². The highest BCUT2D eigenvalue weighted by molar-refractivity contribution is 6.28. The zero-order chi connectivity index (χ0) is 31.6. The molecular formula is C46H28N2. The Bertz CT molecular complexity index is 2890. The van der Waals surface area contributed by atoms with Gasteiger partial charge in [0.05, 0.1) is 11.2 Å². The minimum absolute atomic E-state index is 0.726. The quantitative estimate of drug-likeness (QED) is 0.187. The molecule has 0 aliphatic rings. The molecule has 0 aliphatic carbocycles. The van der Waals surface area contributed by atoms with Crippen molar-refractivity contribution in [3.05, 3.63) is 170 Å². The Morgan fingerprint density at radius 1 is 0.312 bits per heavy atom. The van der Waals surface area contributed by atoms with Gasteiger partial charge in [-0.05, 0) is 89.3 Å². The molecule has 0 atom stereocenters. The van der Waals surface area contributed by atoms with Crippen LogP contribution in [-0.2, 0) is 0 Å². The van der Waals surface area contributed by atoms with Crippen LogP contribution in [0.15, 0.2) is 170 Å². The van der Waals surface area contributed by atoms with Gasteiger partial charge in [0.25, 0.3) is 0 Å². The van der Waals surface area contributed by atoms with Crippen LogP contribution >= 0.6 is 0 Å². The second-order valence-corrected chi connectivity index (χ2v) is 12.6.